The van der Waals surface area contributed by atoms with Gasteiger partial charge in [0, 0.05) is 15.8 Å². The summed E-state index contributed by atoms with van der Waals surface area (Å²) in [6, 6.07) is 13.6. The number of esters is 1. The van der Waals surface area contributed by atoms with Crippen LogP contribution in [0.3, 0.4) is 0 Å². The van der Waals surface area contributed by atoms with Crippen LogP contribution in [0.4, 0.5) is 5.69 Å². The molecule has 1 atom stereocenters. The molecular formula is C17H17NO2S. The van der Waals surface area contributed by atoms with Crippen LogP contribution in [0.5, 0.6) is 0 Å². The number of rotatable bonds is 3. The van der Waals surface area contributed by atoms with E-state index in [4.69, 9.17) is 10.5 Å². The smallest absolute Gasteiger partial charge is 0.338 e. The number of ether oxygens (including phenoxy) is 1. The zero-order valence-electron chi connectivity index (χ0n) is 11.8. The summed E-state index contributed by atoms with van der Waals surface area (Å²) in [5, 5.41) is 0.306. The van der Waals surface area contributed by atoms with Gasteiger partial charge in [0.1, 0.15) is 6.61 Å². The van der Waals surface area contributed by atoms with E-state index < -0.39 is 0 Å². The molecule has 1 aliphatic heterocycles. The Morgan fingerprint density at radius 2 is 2.14 bits per heavy atom. The quantitative estimate of drug-likeness (QED) is 0.696. The fourth-order valence-electron chi connectivity index (χ4n) is 2.51. The van der Waals surface area contributed by atoms with Crippen LogP contribution in [-0.2, 0) is 11.2 Å². The van der Waals surface area contributed by atoms with E-state index in [-0.39, 0.29) is 5.97 Å². The SMILES string of the molecule is Cc1cc(N)ccc1C(=O)OCC1Cc2ccccc2S1. The first kappa shape index (κ1) is 14.0. The lowest BCUT2D eigenvalue weighted by molar-refractivity contribution is 0.0506. The molecule has 0 saturated carbocycles. The minimum atomic E-state index is -0.274. The number of thioether (sulfide) groups is 1. The molecule has 0 radical (unpaired) electrons. The summed E-state index contributed by atoms with van der Waals surface area (Å²) in [5.41, 5.74) is 9.13. The Morgan fingerprint density at radius 3 is 2.90 bits per heavy atom. The maximum Gasteiger partial charge on any atom is 0.338 e. The van der Waals surface area contributed by atoms with Crippen molar-refractivity contribution in [3.8, 4) is 0 Å². The lowest BCUT2D eigenvalue weighted by Crippen LogP contribution is -2.16. The van der Waals surface area contributed by atoms with Crippen molar-refractivity contribution < 1.29 is 9.53 Å². The zero-order valence-corrected chi connectivity index (χ0v) is 12.7. The van der Waals surface area contributed by atoms with Crippen molar-refractivity contribution in [1.82, 2.24) is 0 Å². The van der Waals surface area contributed by atoms with E-state index in [0.29, 0.717) is 23.1 Å². The first-order valence-corrected chi connectivity index (χ1v) is 7.79. The van der Waals surface area contributed by atoms with Gasteiger partial charge in [-0.2, -0.15) is 0 Å². The standard InChI is InChI=1S/C17H17NO2S/c1-11-8-13(18)6-7-15(11)17(19)20-10-14-9-12-4-2-3-5-16(12)21-14/h2-8,14H,9-10,18H2,1H3. The molecule has 0 aliphatic carbocycles. The summed E-state index contributed by atoms with van der Waals surface area (Å²) in [5.74, 6) is -0.274. The molecule has 0 saturated heterocycles. The average Bonchev–Trinajstić information content (AvgIpc) is 2.87. The predicted octanol–water partition coefficient (Wildman–Crippen LogP) is 3.45. The van der Waals surface area contributed by atoms with Gasteiger partial charge < -0.3 is 10.5 Å². The monoisotopic (exact) mass is 299 g/mol. The largest absolute Gasteiger partial charge is 0.461 e. The third-order valence-corrected chi connectivity index (χ3v) is 4.87. The normalized spacial score (nSPS) is 16.5. The summed E-state index contributed by atoms with van der Waals surface area (Å²) in [4.78, 5) is 13.4. The maximum absolute atomic E-state index is 12.1. The summed E-state index contributed by atoms with van der Waals surface area (Å²) in [6.07, 6.45) is 0.953. The number of benzene rings is 2. The predicted molar refractivity (Wildman–Crippen MR) is 85.7 cm³/mol. The molecule has 3 nitrogen and oxygen atoms in total. The van der Waals surface area contributed by atoms with Crippen LogP contribution < -0.4 is 5.73 Å². The minimum Gasteiger partial charge on any atom is -0.461 e. The van der Waals surface area contributed by atoms with Crippen molar-refractivity contribution in [2.75, 3.05) is 12.3 Å². The molecule has 2 aromatic rings. The molecule has 0 spiro atoms. The molecule has 1 unspecified atom stereocenters. The first-order valence-electron chi connectivity index (χ1n) is 6.91. The molecule has 0 aromatic heterocycles. The Bertz CT molecular complexity index is 659. The molecule has 0 amide bonds. The topological polar surface area (TPSA) is 52.3 Å². The van der Waals surface area contributed by atoms with Crippen molar-refractivity contribution in [2.24, 2.45) is 0 Å². The third kappa shape index (κ3) is 3.05. The Hall–Kier alpha value is -1.94. The summed E-state index contributed by atoms with van der Waals surface area (Å²) < 4.78 is 5.46. The number of carbonyl (C=O) groups is 1. The van der Waals surface area contributed by atoms with Crippen LogP contribution >= 0.6 is 11.8 Å². The lowest BCUT2D eigenvalue weighted by Gasteiger charge is -2.11. The van der Waals surface area contributed by atoms with Gasteiger partial charge in [-0.3, -0.25) is 0 Å². The first-order chi connectivity index (χ1) is 10.1. The Morgan fingerprint density at radius 1 is 1.33 bits per heavy atom. The maximum atomic E-state index is 12.1. The molecule has 21 heavy (non-hydrogen) atoms. The van der Waals surface area contributed by atoms with Gasteiger partial charge in [0.05, 0.1) is 5.56 Å². The fraction of sp³-hybridized carbons (Fsp3) is 0.235. The van der Waals surface area contributed by atoms with E-state index in [1.165, 1.54) is 10.5 Å². The number of aryl methyl sites for hydroxylation is 1. The Labute approximate surface area is 128 Å². The van der Waals surface area contributed by atoms with Crippen molar-refractivity contribution >= 4 is 23.4 Å². The molecule has 0 fully saturated rings. The molecule has 1 heterocycles. The van der Waals surface area contributed by atoms with E-state index in [2.05, 4.69) is 12.1 Å². The van der Waals surface area contributed by atoms with Crippen molar-refractivity contribution in [3.05, 3.63) is 59.2 Å². The molecule has 2 aromatic carbocycles. The van der Waals surface area contributed by atoms with Crippen molar-refractivity contribution in [1.29, 1.82) is 0 Å². The molecule has 108 valence electrons. The highest BCUT2D eigenvalue weighted by molar-refractivity contribution is 8.00. The lowest BCUT2D eigenvalue weighted by atomic mass is 10.1. The highest BCUT2D eigenvalue weighted by Gasteiger charge is 2.23. The van der Waals surface area contributed by atoms with Gasteiger partial charge in [-0.25, -0.2) is 4.79 Å². The molecule has 3 rings (SSSR count). The van der Waals surface area contributed by atoms with Gasteiger partial charge in [-0.05, 0) is 48.7 Å². The van der Waals surface area contributed by atoms with E-state index in [9.17, 15) is 4.79 Å². The number of hydrogen-bond acceptors (Lipinski definition) is 4. The number of anilines is 1. The van der Waals surface area contributed by atoms with Gasteiger partial charge in [0.15, 0.2) is 0 Å². The average molecular weight is 299 g/mol. The molecule has 4 heteroatoms. The van der Waals surface area contributed by atoms with Gasteiger partial charge in [-0.1, -0.05) is 18.2 Å². The number of hydrogen-bond donors (Lipinski definition) is 1. The van der Waals surface area contributed by atoms with E-state index >= 15 is 0 Å². The Balaban J connectivity index is 1.60. The molecule has 0 bridgehead atoms. The van der Waals surface area contributed by atoms with E-state index in [1.807, 2.05) is 19.1 Å². The van der Waals surface area contributed by atoms with Crippen LogP contribution in [0.1, 0.15) is 21.5 Å². The van der Waals surface area contributed by atoms with Crippen LogP contribution in [0.2, 0.25) is 0 Å². The van der Waals surface area contributed by atoms with Gasteiger partial charge >= 0.3 is 5.97 Å². The summed E-state index contributed by atoms with van der Waals surface area (Å²) >= 11 is 1.78. The van der Waals surface area contributed by atoms with Gasteiger partial charge in [0.25, 0.3) is 0 Å². The Kier molecular flexibility index (Phi) is 3.88. The third-order valence-electron chi connectivity index (χ3n) is 3.58. The van der Waals surface area contributed by atoms with Crippen LogP contribution in [0.15, 0.2) is 47.4 Å². The number of carbonyl (C=O) groups excluding carboxylic acids is 1. The molecule has 1 aliphatic rings. The second-order valence-corrected chi connectivity index (χ2v) is 6.57. The van der Waals surface area contributed by atoms with Crippen molar-refractivity contribution in [3.63, 3.8) is 0 Å². The zero-order chi connectivity index (χ0) is 14.8. The highest BCUT2D eigenvalue weighted by Crippen LogP contribution is 2.36. The van der Waals surface area contributed by atoms with E-state index in [1.54, 1.807) is 30.0 Å². The van der Waals surface area contributed by atoms with E-state index in [0.717, 1.165) is 12.0 Å². The van der Waals surface area contributed by atoms with Gasteiger partial charge in [-0.15, -0.1) is 11.8 Å². The molecular weight excluding hydrogens is 282 g/mol. The second-order valence-electron chi connectivity index (χ2n) is 5.22. The highest BCUT2D eigenvalue weighted by atomic mass is 32.2. The summed E-state index contributed by atoms with van der Waals surface area (Å²) in [6.45, 7) is 2.30. The number of fused-ring (bicyclic) bond motifs is 1. The van der Waals surface area contributed by atoms with Crippen LogP contribution in [0.25, 0.3) is 0 Å². The fourth-order valence-corrected chi connectivity index (χ4v) is 3.73. The van der Waals surface area contributed by atoms with Gasteiger partial charge in [0.2, 0.25) is 0 Å². The molecule has 2 N–H and O–H groups in total. The van der Waals surface area contributed by atoms with Crippen molar-refractivity contribution in [2.45, 2.75) is 23.5 Å². The number of nitrogens with two attached hydrogens (primary N) is 1. The minimum absolute atomic E-state index is 0.274. The van der Waals surface area contributed by atoms with Crippen LogP contribution in [-0.4, -0.2) is 17.8 Å². The van der Waals surface area contributed by atoms with Crippen LogP contribution in [0, 0.1) is 6.92 Å². The summed E-state index contributed by atoms with van der Waals surface area (Å²) in [7, 11) is 0. The second kappa shape index (κ2) is 5.82. The number of nitrogen functional groups attached to an aromatic ring is 1.